The van der Waals surface area contributed by atoms with Crippen molar-refractivity contribution in [3.63, 3.8) is 0 Å². The summed E-state index contributed by atoms with van der Waals surface area (Å²) in [6.07, 6.45) is -1.03. The van der Waals surface area contributed by atoms with E-state index in [0.717, 1.165) is 24.3 Å². The van der Waals surface area contributed by atoms with Gasteiger partial charge in [-0.25, -0.2) is 18.0 Å². The number of hydrogen-bond acceptors (Lipinski definition) is 4. The summed E-state index contributed by atoms with van der Waals surface area (Å²) in [6, 6.07) is 8.18. The summed E-state index contributed by atoms with van der Waals surface area (Å²) in [4.78, 5) is 38.1. The molecule has 3 aromatic carbocycles. The highest BCUT2D eigenvalue weighted by Gasteiger charge is 2.67. The average Bonchev–Trinajstić information content (AvgIpc) is 3.47. The molecule has 1 aliphatic carbocycles. The maximum atomic E-state index is 15.1. The Kier molecular flexibility index (Phi) is 9.40. The lowest BCUT2D eigenvalue weighted by Crippen LogP contribution is -2.27. The van der Waals surface area contributed by atoms with Gasteiger partial charge >= 0.3 is 6.09 Å². The fourth-order valence-corrected chi connectivity index (χ4v) is 5.51. The van der Waals surface area contributed by atoms with Gasteiger partial charge in [0.15, 0.2) is 5.82 Å². The summed E-state index contributed by atoms with van der Waals surface area (Å²) < 4.78 is 47.9. The van der Waals surface area contributed by atoms with Crippen molar-refractivity contribution in [2.75, 3.05) is 16.0 Å². The summed E-state index contributed by atoms with van der Waals surface area (Å²) >= 11 is 30.7. The van der Waals surface area contributed by atoms with Crippen LogP contribution in [0, 0.1) is 23.4 Å². The lowest BCUT2D eigenvalue weighted by atomic mass is 10.1. The van der Waals surface area contributed by atoms with E-state index in [1.54, 1.807) is 26.8 Å². The van der Waals surface area contributed by atoms with Crippen molar-refractivity contribution in [1.82, 2.24) is 0 Å². The zero-order valence-corrected chi connectivity index (χ0v) is 26.1. The van der Waals surface area contributed by atoms with Crippen LogP contribution < -0.4 is 16.0 Å². The third-order valence-electron chi connectivity index (χ3n) is 6.14. The van der Waals surface area contributed by atoms with Crippen LogP contribution >= 0.6 is 58.0 Å². The minimum Gasteiger partial charge on any atom is -0.444 e. The Morgan fingerprint density at radius 3 is 2.16 bits per heavy atom. The molecule has 1 aliphatic rings. The number of rotatable bonds is 6. The Labute approximate surface area is 268 Å². The molecule has 1 saturated carbocycles. The first-order valence-corrected chi connectivity index (χ1v) is 14.2. The lowest BCUT2D eigenvalue weighted by Gasteiger charge is -2.20. The molecule has 0 spiro atoms. The fraction of sp³-hybridized carbons (Fsp3) is 0.250. The summed E-state index contributed by atoms with van der Waals surface area (Å²) in [7, 11) is 0. The molecule has 2 atom stereocenters. The normalized spacial score (nSPS) is 17.2. The van der Waals surface area contributed by atoms with Crippen molar-refractivity contribution in [2.45, 2.75) is 36.6 Å². The number of ether oxygens (including phenoxy) is 1. The highest BCUT2D eigenvalue weighted by Crippen LogP contribution is 2.65. The third kappa shape index (κ3) is 7.26. The van der Waals surface area contributed by atoms with Crippen molar-refractivity contribution in [1.29, 1.82) is 0 Å². The molecule has 15 heteroatoms. The Balaban J connectivity index is 1.54. The third-order valence-corrected chi connectivity index (χ3v) is 8.21. The van der Waals surface area contributed by atoms with E-state index >= 15 is 4.39 Å². The van der Waals surface area contributed by atoms with Crippen molar-refractivity contribution >= 4 is 93.0 Å². The van der Waals surface area contributed by atoms with Crippen LogP contribution in [0.3, 0.4) is 0 Å². The molecule has 0 saturated heterocycles. The number of carbonyl (C=O) groups is 3. The molecule has 3 N–H and O–H groups in total. The van der Waals surface area contributed by atoms with Gasteiger partial charge in [0.05, 0.1) is 32.2 Å². The predicted molar refractivity (Wildman–Crippen MR) is 161 cm³/mol. The van der Waals surface area contributed by atoms with Crippen LogP contribution in [0.5, 0.6) is 0 Å². The number of nitrogens with one attached hydrogen (secondary N) is 3. The van der Waals surface area contributed by atoms with Crippen molar-refractivity contribution in [3.8, 4) is 0 Å². The van der Waals surface area contributed by atoms with Gasteiger partial charge in [-0.3, -0.25) is 14.9 Å². The van der Waals surface area contributed by atoms with E-state index in [4.69, 9.17) is 62.7 Å². The summed E-state index contributed by atoms with van der Waals surface area (Å²) in [5.41, 5.74) is -2.62. The standard InChI is InChI=1S/C28H21Cl5F3N3O4/c1-27(2,3)43-26(42)38-18-7-6-16(34)23(22(18)36)39-24(40)13-9-12(10-17(35)21(13)31)37-25(41)20-19(28(20,32)33)11-4-5-14(29)15(30)8-11/h4-10,19-20H,1-3H3,(H,37,41)(H,38,42)(H,39,40)/t19-,20+/m0/s1. The Hall–Kier alpha value is -2.89. The van der Waals surface area contributed by atoms with Gasteiger partial charge in [0, 0.05) is 11.6 Å². The highest BCUT2D eigenvalue weighted by atomic mass is 35.5. The van der Waals surface area contributed by atoms with Crippen LogP contribution in [0.2, 0.25) is 15.1 Å². The molecule has 0 heterocycles. The molecule has 228 valence electrons. The number of benzene rings is 3. The SMILES string of the molecule is CC(C)(C)OC(=O)Nc1ccc(F)c(NC(=O)c2cc(NC(=O)[C@H]3[C@H](c4ccc(Cl)c(Cl)c4)C3(Cl)Cl)cc(F)c2Cl)c1F. The number of anilines is 3. The van der Waals surface area contributed by atoms with E-state index < -0.39 is 79.1 Å². The van der Waals surface area contributed by atoms with E-state index in [0.29, 0.717) is 5.56 Å². The zero-order valence-electron chi connectivity index (χ0n) is 22.4. The molecule has 0 aliphatic heterocycles. The molecular formula is C28H21Cl5F3N3O4. The van der Waals surface area contributed by atoms with Crippen LogP contribution in [0.25, 0.3) is 0 Å². The quantitative estimate of drug-likeness (QED) is 0.224. The minimum absolute atomic E-state index is 0.220. The predicted octanol–water partition coefficient (Wildman–Crippen LogP) is 9.19. The first-order chi connectivity index (χ1) is 19.9. The topological polar surface area (TPSA) is 96.5 Å². The van der Waals surface area contributed by atoms with Crippen LogP contribution in [-0.2, 0) is 9.53 Å². The van der Waals surface area contributed by atoms with Gasteiger partial charge in [0.1, 0.15) is 27.3 Å². The highest BCUT2D eigenvalue weighted by molar-refractivity contribution is 6.53. The molecule has 0 aromatic heterocycles. The summed E-state index contributed by atoms with van der Waals surface area (Å²) in [5, 5.41) is 6.35. The fourth-order valence-electron chi connectivity index (χ4n) is 4.18. The monoisotopic (exact) mass is 695 g/mol. The Morgan fingerprint density at radius 2 is 1.53 bits per heavy atom. The average molecular weight is 698 g/mol. The second-order valence-corrected chi connectivity index (χ2v) is 13.1. The molecular weight excluding hydrogens is 677 g/mol. The Morgan fingerprint density at radius 1 is 0.860 bits per heavy atom. The summed E-state index contributed by atoms with van der Waals surface area (Å²) in [5.74, 6) is -7.29. The number of amides is 3. The number of halogens is 8. The van der Waals surface area contributed by atoms with E-state index in [1.807, 2.05) is 5.32 Å². The van der Waals surface area contributed by atoms with Gasteiger partial charge in [0.2, 0.25) is 5.91 Å². The molecule has 0 unspecified atom stereocenters. The molecule has 0 bridgehead atoms. The van der Waals surface area contributed by atoms with Crippen molar-refractivity contribution < 1.29 is 32.3 Å². The van der Waals surface area contributed by atoms with Gasteiger partial charge in [0.25, 0.3) is 5.91 Å². The number of alkyl halides is 2. The second-order valence-electron chi connectivity index (χ2n) is 10.5. The zero-order chi connectivity index (χ0) is 32.0. The molecule has 43 heavy (non-hydrogen) atoms. The van der Waals surface area contributed by atoms with E-state index in [1.165, 1.54) is 12.1 Å². The molecule has 1 fully saturated rings. The van der Waals surface area contributed by atoms with Gasteiger partial charge in [-0.15, -0.1) is 23.2 Å². The van der Waals surface area contributed by atoms with Gasteiger partial charge in [-0.1, -0.05) is 40.9 Å². The van der Waals surface area contributed by atoms with Crippen LogP contribution in [0.1, 0.15) is 42.6 Å². The van der Waals surface area contributed by atoms with Crippen LogP contribution in [0.15, 0.2) is 42.5 Å². The van der Waals surface area contributed by atoms with E-state index in [2.05, 4.69) is 10.6 Å². The maximum absolute atomic E-state index is 15.1. The van der Waals surface area contributed by atoms with Crippen LogP contribution in [0.4, 0.5) is 35.0 Å². The number of carbonyl (C=O) groups excluding carboxylic acids is 3. The first-order valence-electron chi connectivity index (χ1n) is 12.3. The van der Waals surface area contributed by atoms with E-state index in [-0.39, 0.29) is 15.7 Å². The van der Waals surface area contributed by atoms with E-state index in [9.17, 15) is 23.2 Å². The molecule has 0 radical (unpaired) electrons. The Bertz CT molecular complexity index is 1650. The van der Waals surface area contributed by atoms with Crippen molar-refractivity contribution in [2.24, 2.45) is 5.92 Å². The second kappa shape index (κ2) is 12.2. The van der Waals surface area contributed by atoms with Crippen molar-refractivity contribution in [3.05, 3.63) is 86.1 Å². The largest absolute Gasteiger partial charge is 0.444 e. The van der Waals surface area contributed by atoms with Crippen LogP contribution in [-0.4, -0.2) is 27.8 Å². The smallest absolute Gasteiger partial charge is 0.412 e. The molecule has 7 nitrogen and oxygen atoms in total. The molecule has 4 rings (SSSR count). The van der Waals surface area contributed by atoms with Gasteiger partial charge in [-0.2, -0.15) is 0 Å². The minimum atomic E-state index is -1.53. The van der Waals surface area contributed by atoms with Gasteiger partial charge in [-0.05, 0) is 62.7 Å². The van der Waals surface area contributed by atoms with Gasteiger partial charge < -0.3 is 15.4 Å². The maximum Gasteiger partial charge on any atom is 0.412 e. The lowest BCUT2D eigenvalue weighted by molar-refractivity contribution is -0.117. The number of hydrogen-bond donors (Lipinski definition) is 3. The first kappa shape index (κ1) is 33.0. The molecule has 3 amide bonds. The molecule has 3 aromatic rings. The summed E-state index contributed by atoms with van der Waals surface area (Å²) in [6.45, 7) is 4.75.